The Kier molecular flexibility index (Phi) is 9.56. The van der Waals surface area contributed by atoms with E-state index in [2.05, 4.69) is 5.32 Å². The van der Waals surface area contributed by atoms with Gasteiger partial charge in [0.05, 0.1) is 16.9 Å². The number of esters is 1. The largest absolute Gasteiger partial charge is 0.506 e. The summed E-state index contributed by atoms with van der Waals surface area (Å²) < 4.78 is 10.3. The SMILES string of the molecule is COC(=O)[C@@H](Cc1cc(Sc2ccc(C)cc2)c(O)c(Sc2ccc(C)cc2)c1)NC(=O)OC(C)(C)C. The van der Waals surface area contributed by atoms with Gasteiger partial charge in [-0.2, -0.15) is 0 Å². The Morgan fingerprint density at radius 2 is 1.35 bits per heavy atom. The second-order valence-corrected chi connectivity index (χ2v) is 11.9. The van der Waals surface area contributed by atoms with Gasteiger partial charge < -0.3 is 19.9 Å². The van der Waals surface area contributed by atoms with Crippen LogP contribution in [0.15, 0.2) is 80.2 Å². The first kappa shape index (κ1) is 28.5. The number of methoxy groups -OCH3 is 1. The number of carbonyl (C=O) groups is 2. The smallest absolute Gasteiger partial charge is 0.408 e. The third-order valence-corrected chi connectivity index (χ3v) is 7.29. The van der Waals surface area contributed by atoms with Crippen LogP contribution in [0.2, 0.25) is 0 Å². The molecule has 0 aromatic heterocycles. The molecule has 6 nitrogen and oxygen atoms in total. The molecular formula is C29H33NO5S2. The first-order valence-corrected chi connectivity index (χ1v) is 13.5. The van der Waals surface area contributed by atoms with Gasteiger partial charge in [0.2, 0.25) is 0 Å². The quantitative estimate of drug-likeness (QED) is 0.301. The lowest BCUT2D eigenvalue weighted by atomic mass is 10.1. The van der Waals surface area contributed by atoms with E-state index in [0.29, 0.717) is 9.79 Å². The van der Waals surface area contributed by atoms with Gasteiger partial charge in [0.1, 0.15) is 17.4 Å². The molecule has 196 valence electrons. The minimum atomic E-state index is -0.959. The normalized spacial score (nSPS) is 12.1. The maximum absolute atomic E-state index is 12.5. The highest BCUT2D eigenvalue weighted by Crippen LogP contribution is 2.43. The Balaban J connectivity index is 1.96. The zero-order chi connectivity index (χ0) is 27.2. The van der Waals surface area contributed by atoms with Crippen molar-refractivity contribution in [2.75, 3.05) is 7.11 Å². The second kappa shape index (κ2) is 12.4. The zero-order valence-electron chi connectivity index (χ0n) is 22.0. The molecule has 1 atom stereocenters. The molecule has 0 bridgehead atoms. The summed E-state index contributed by atoms with van der Waals surface area (Å²) in [5.74, 6) is -0.422. The standard InChI is InChI=1S/C29H33NO5S2/c1-18-7-11-21(12-8-18)36-24-16-20(15-23(27(32)34-6)30-28(33)35-29(3,4)5)17-25(26(24)31)37-22-13-9-19(2)10-14-22/h7-14,16-17,23,31H,15H2,1-6H3,(H,30,33)/t23-/m1/s1. The van der Waals surface area contributed by atoms with E-state index in [1.807, 2.05) is 74.5 Å². The average Bonchev–Trinajstić information content (AvgIpc) is 2.82. The van der Waals surface area contributed by atoms with E-state index in [4.69, 9.17) is 9.47 Å². The van der Waals surface area contributed by atoms with Crippen molar-refractivity contribution < 1.29 is 24.2 Å². The molecule has 8 heteroatoms. The Hall–Kier alpha value is -3.10. The van der Waals surface area contributed by atoms with Crippen LogP contribution in [0.5, 0.6) is 5.75 Å². The van der Waals surface area contributed by atoms with Gasteiger partial charge in [0.25, 0.3) is 0 Å². The Morgan fingerprint density at radius 3 is 1.76 bits per heavy atom. The number of hydrogen-bond donors (Lipinski definition) is 2. The number of phenolic OH excluding ortho intramolecular Hbond substituents is 1. The molecule has 0 radical (unpaired) electrons. The molecule has 1 amide bonds. The van der Waals surface area contributed by atoms with Crippen molar-refractivity contribution in [2.45, 2.75) is 72.3 Å². The monoisotopic (exact) mass is 539 g/mol. The van der Waals surface area contributed by atoms with Crippen LogP contribution in [0.3, 0.4) is 0 Å². The van der Waals surface area contributed by atoms with Crippen molar-refractivity contribution in [1.29, 1.82) is 0 Å². The van der Waals surface area contributed by atoms with E-state index in [-0.39, 0.29) is 12.2 Å². The minimum absolute atomic E-state index is 0.162. The minimum Gasteiger partial charge on any atom is -0.506 e. The second-order valence-electron chi connectivity index (χ2n) is 9.70. The summed E-state index contributed by atoms with van der Waals surface area (Å²) >= 11 is 2.87. The number of alkyl carbamates (subject to hydrolysis) is 1. The molecule has 0 aliphatic rings. The molecular weight excluding hydrogens is 506 g/mol. The van der Waals surface area contributed by atoms with Gasteiger partial charge in [-0.25, -0.2) is 9.59 Å². The third kappa shape index (κ3) is 8.76. The van der Waals surface area contributed by atoms with Crippen LogP contribution in [-0.2, 0) is 20.7 Å². The lowest BCUT2D eigenvalue weighted by Crippen LogP contribution is -2.45. The summed E-state index contributed by atoms with van der Waals surface area (Å²) in [6, 6.07) is 18.8. The fourth-order valence-electron chi connectivity index (χ4n) is 3.40. The Bertz CT molecular complexity index is 1170. The number of aryl methyl sites for hydroxylation is 2. The lowest BCUT2D eigenvalue weighted by Gasteiger charge is -2.23. The molecule has 0 fully saturated rings. The fraction of sp³-hybridized carbons (Fsp3) is 0.310. The van der Waals surface area contributed by atoms with E-state index in [1.54, 1.807) is 20.8 Å². The van der Waals surface area contributed by atoms with Gasteiger partial charge in [-0.1, -0.05) is 58.9 Å². The van der Waals surface area contributed by atoms with Crippen LogP contribution in [-0.4, -0.2) is 35.9 Å². The molecule has 37 heavy (non-hydrogen) atoms. The van der Waals surface area contributed by atoms with Gasteiger partial charge in [-0.3, -0.25) is 0 Å². The number of nitrogens with one attached hydrogen (secondary N) is 1. The third-order valence-electron chi connectivity index (χ3n) is 5.21. The molecule has 2 N–H and O–H groups in total. The van der Waals surface area contributed by atoms with Crippen molar-refractivity contribution in [3.63, 3.8) is 0 Å². The van der Waals surface area contributed by atoms with Crippen molar-refractivity contribution in [3.8, 4) is 5.75 Å². The Morgan fingerprint density at radius 1 is 0.892 bits per heavy atom. The molecule has 0 saturated carbocycles. The predicted octanol–water partition coefficient (Wildman–Crippen LogP) is 6.92. The molecule has 0 spiro atoms. The highest BCUT2D eigenvalue weighted by molar-refractivity contribution is 8.00. The molecule has 3 aromatic carbocycles. The van der Waals surface area contributed by atoms with Crippen LogP contribution in [0.25, 0.3) is 0 Å². The van der Waals surface area contributed by atoms with E-state index >= 15 is 0 Å². The number of ether oxygens (including phenoxy) is 2. The maximum atomic E-state index is 12.5. The first-order chi connectivity index (χ1) is 17.4. The average molecular weight is 540 g/mol. The molecule has 0 aliphatic heterocycles. The number of aromatic hydroxyl groups is 1. The summed E-state index contributed by atoms with van der Waals surface area (Å²) in [5.41, 5.74) is 2.34. The summed E-state index contributed by atoms with van der Waals surface area (Å²) in [5, 5.41) is 13.8. The van der Waals surface area contributed by atoms with Crippen molar-refractivity contribution >= 4 is 35.6 Å². The summed E-state index contributed by atoms with van der Waals surface area (Å²) in [4.78, 5) is 28.2. The van der Waals surface area contributed by atoms with Crippen molar-refractivity contribution in [1.82, 2.24) is 5.32 Å². The van der Waals surface area contributed by atoms with E-state index in [1.165, 1.54) is 30.6 Å². The molecule has 0 aliphatic carbocycles. The van der Waals surface area contributed by atoms with Gasteiger partial charge in [-0.15, -0.1) is 0 Å². The van der Waals surface area contributed by atoms with E-state index < -0.39 is 23.7 Å². The van der Waals surface area contributed by atoms with Gasteiger partial charge in [0, 0.05) is 16.2 Å². The summed E-state index contributed by atoms with van der Waals surface area (Å²) in [6.07, 6.45) is -0.542. The number of phenols is 1. The van der Waals surface area contributed by atoms with Gasteiger partial charge in [0.15, 0.2) is 0 Å². The number of rotatable bonds is 8. The highest BCUT2D eigenvalue weighted by Gasteiger charge is 2.26. The fourth-order valence-corrected chi connectivity index (χ4v) is 5.35. The Labute approximate surface area is 227 Å². The number of benzene rings is 3. The number of hydrogen-bond acceptors (Lipinski definition) is 7. The van der Waals surface area contributed by atoms with E-state index in [9.17, 15) is 14.7 Å². The molecule has 0 unspecified atom stereocenters. The summed E-state index contributed by atoms with van der Waals surface area (Å²) in [7, 11) is 1.28. The first-order valence-electron chi connectivity index (χ1n) is 11.9. The highest BCUT2D eigenvalue weighted by atomic mass is 32.2. The van der Waals surface area contributed by atoms with Crippen LogP contribution in [0.1, 0.15) is 37.5 Å². The topological polar surface area (TPSA) is 84.9 Å². The van der Waals surface area contributed by atoms with Crippen LogP contribution >= 0.6 is 23.5 Å². The summed E-state index contributed by atoms with van der Waals surface area (Å²) in [6.45, 7) is 9.30. The van der Waals surface area contributed by atoms with Crippen LogP contribution in [0.4, 0.5) is 4.79 Å². The zero-order valence-corrected chi connectivity index (χ0v) is 23.6. The van der Waals surface area contributed by atoms with Crippen LogP contribution < -0.4 is 5.32 Å². The lowest BCUT2D eigenvalue weighted by molar-refractivity contribution is -0.143. The molecule has 0 heterocycles. The van der Waals surface area contributed by atoms with Crippen LogP contribution in [0, 0.1) is 13.8 Å². The van der Waals surface area contributed by atoms with Gasteiger partial charge in [-0.05, 0) is 76.6 Å². The number of carbonyl (C=O) groups excluding carboxylic acids is 2. The van der Waals surface area contributed by atoms with Gasteiger partial charge >= 0.3 is 12.1 Å². The van der Waals surface area contributed by atoms with E-state index in [0.717, 1.165) is 26.5 Å². The number of amides is 1. The molecule has 0 saturated heterocycles. The van der Waals surface area contributed by atoms with Crippen molar-refractivity contribution in [2.24, 2.45) is 0 Å². The predicted molar refractivity (Wildman–Crippen MR) is 148 cm³/mol. The molecule has 3 aromatic rings. The molecule has 3 rings (SSSR count). The maximum Gasteiger partial charge on any atom is 0.408 e. The van der Waals surface area contributed by atoms with Crippen molar-refractivity contribution in [3.05, 3.63) is 77.4 Å².